The second-order valence-corrected chi connectivity index (χ2v) is 3.33. The standard InChI is InChI=1S/C10H19N3/c1-4-6-7-13(5-2)10-8-12(3)9-11-10/h8-9H,4-7H2,1-3H3. The first-order valence-electron chi connectivity index (χ1n) is 5.00. The molecule has 0 atom stereocenters. The summed E-state index contributed by atoms with van der Waals surface area (Å²) in [5, 5.41) is 0. The molecule has 0 saturated heterocycles. The van der Waals surface area contributed by atoms with Crippen LogP contribution in [-0.2, 0) is 7.05 Å². The Bertz CT molecular complexity index is 242. The molecule has 0 saturated carbocycles. The molecule has 0 radical (unpaired) electrons. The van der Waals surface area contributed by atoms with E-state index in [1.54, 1.807) is 0 Å². The molecule has 1 aromatic rings. The predicted octanol–water partition coefficient (Wildman–Crippen LogP) is 2.05. The van der Waals surface area contributed by atoms with E-state index in [-0.39, 0.29) is 0 Å². The summed E-state index contributed by atoms with van der Waals surface area (Å²) in [6.07, 6.45) is 6.40. The molecule has 0 aliphatic carbocycles. The molecule has 1 heterocycles. The lowest BCUT2D eigenvalue weighted by atomic mass is 10.3. The fraction of sp³-hybridized carbons (Fsp3) is 0.700. The van der Waals surface area contributed by atoms with Gasteiger partial charge in [0.25, 0.3) is 0 Å². The smallest absolute Gasteiger partial charge is 0.146 e. The molecular weight excluding hydrogens is 162 g/mol. The van der Waals surface area contributed by atoms with E-state index in [4.69, 9.17) is 0 Å². The van der Waals surface area contributed by atoms with Gasteiger partial charge in [0.15, 0.2) is 0 Å². The first kappa shape index (κ1) is 10.1. The molecule has 13 heavy (non-hydrogen) atoms. The van der Waals surface area contributed by atoms with Gasteiger partial charge in [0.1, 0.15) is 5.82 Å². The monoisotopic (exact) mass is 181 g/mol. The van der Waals surface area contributed by atoms with E-state index >= 15 is 0 Å². The average molecular weight is 181 g/mol. The third-order valence-corrected chi connectivity index (χ3v) is 2.18. The zero-order valence-electron chi connectivity index (χ0n) is 8.82. The van der Waals surface area contributed by atoms with Crippen LogP contribution in [-0.4, -0.2) is 22.6 Å². The molecule has 74 valence electrons. The lowest BCUT2D eigenvalue weighted by Gasteiger charge is -2.19. The van der Waals surface area contributed by atoms with Crippen LogP contribution in [0.3, 0.4) is 0 Å². The lowest BCUT2D eigenvalue weighted by Crippen LogP contribution is -2.24. The quantitative estimate of drug-likeness (QED) is 0.693. The molecule has 0 N–H and O–H groups in total. The summed E-state index contributed by atoms with van der Waals surface area (Å²) in [6.45, 7) is 6.54. The first-order valence-corrected chi connectivity index (χ1v) is 5.00. The normalized spacial score (nSPS) is 10.4. The maximum absolute atomic E-state index is 4.33. The van der Waals surface area contributed by atoms with Gasteiger partial charge in [-0.1, -0.05) is 13.3 Å². The number of unbranched alkanes of at least 4 members (excludes halogenated alkanes) is 1. The van der Waals surface area contributed by atoms with Crippen molar-refractivity contribution in [1.29, 1.82) is 0 Å². The minimum atomic E-state index is 1.04. The Balaban J connectivity index is 2.56. The fourth-order valence-corrected chi connectivity index (χ4v) is 1.35. The number of aryl methyl sites for hydroxylation is 1. The van der Waals surface area contributed by atoms with Crippen molar-refractivity contribution in [2.24, 2.45) is 7.05 Å². The number of anilines is 1. The number of rotatable bonds is 5. The SMILES string of the molecule is CCCCN(CC)c1cn(C)cn1. The largest absolute Gasteiger partial charge is 0.356 e. The molecule has 0 aromatic carbocycles. The summed E-state index contributed by atoms with van der Waals surface area (Å²) in [7, 11) is 2.00. The van der Waals surface area contributed by atoms with Gasteiger partial charge in [0.05, 0.1) is 6.33 Å². The summed E-state index contributed by atoms with van der Waals surface area (Å²) >= 11 is 0. The zero-order valence-corrected chi connectivity index (χ0v) is 8.82. The third kappa shape index (κ3) is 2.76. The fourth-order valence-electron chi connectivity index (χ4n) is 1.35. The molecule has 0 spiro atoms. The Morgan fingerprint density at radius 3 is 2.69 bits per heavy atom. The number of aromatic nitrogens is 2. The van der Waals surface area contributed by atoms with Gasteiger partial charge in [-0.05, 0) is 13.3 Å². The average Bonchev–Trinajstić information content (AvgIpc) is 2.54. The van der Waals surface area contributed by atoms with Crippen molar-refractivity contribution >= 4 is 5.82 Å². The van der Waals surface area contributed by atoms with Crippen LogP contribution in [0, 0.1) is 0 Å². The summed E-state index contributed by atoms with van der Waals surface area (Å²) < 4.78 is 1.99. The highest BCUT2D eigenvalue weighted by Crippen LogP contribution is 2.10. The van der Waals surface area contributed by atoms with E-state index in [0.717, 1.165) is 18.9 Å². The maximum atomic E-state index is 4.33. The van der Waals surface area contributed by atoms with Gasteiger partial charge < -0.3 is 9.47 Å². The summed E-state index contributed by atoms with van der Waals surface area (Å²) in [4.78, 5) is 6.64. The molecule has 0 aliphatic rings. The van der Waals surface area contributed by atoms with Gasteiger partial charge in [-0.3, -0.25) is 0 Å². The van der Waals surface area contributed by atoms with Crippen LogP contribution >= 0.6 is 0 Å². The topological polar surface area (TPSA) is 21.1 Å². The Labute approximate surface area is 80.4 Å². The van der Waals surface area contributed by atoms with Crippen LogP contribution in [0.25, 0.3) is 0 Å². The summed E-state index contributed by atoms with van der Waals surface area (Å²) in [5.41, 5.74) is 0. The van der Waals surface area contributed by atoms with Gasteiger partial charge in [-0.15, -0.1) is 0 Å². The van der Waals surface area contributed by atoms with Gasteiger partial charge in [0, 0.05) is 26.3 Å². The molecule has 0 aliphatic heterocycles. The van der Waals surface area contributed by atoms with Gasteiger partial charge >= 0.3 is 0 Å². The molecular formula is C10H19N3. The number of imidazole rings is 1. The summed E-state index contributed by atoms with van der Waals surface area (Å²) in [6, 6.07) is 0. The third-order valence-electron chi connectivity index (χ3n) is 2.18. The molecule has 0 unspecified atom stereocenters. The second-order valence-electron chi connectivity index (χ2n) is 3.33. The van der Waals surface area contributed by atoms with Crippen LogP contribution in [0.4, 0.5) is 5.82 Å². The van der Waals surface area contributed by atoms with E-state index in [9.17, 15) is 0 Å². The molecule has 0 amide bonds. The first-order chi connectivity index (χ1) is 6.27. The highest BCUT2D eigenvalue weighted by atomic mass is 15.2. The maximum Gasteiger partial charge on any atom is 0.146 e. The van der Waals surface area contributed by atoms with E-state index in [2.05, 4.69) is 29.9 Å². The van der Waals surface area contributed by atoms with Crippen LogP contribution in [0.1, 0.15) is 26.7 Å². The van der Waals surface area contributed by atoms with Crippen LogP contribution in [0.2, 0.25) is 0 Å². The van der Waals surface area contributed by atoms with Crippen molar-refractivity contribution < 1.29 is 0 Å². The molecule has 0 bridgehead atoms. The summed E-state index contributed by atoms with van der Waals surface area (Å²) in [5.74, 6) is 1.10. The highest BCUT2D eigenvalue weighted by Gasteiger charge is 2.05. The Kier molecular flexibility index (Phi) is 3.80. The molecule has 3 nitrogen and oxygen atoms in total. The van der Waals surface area contributed by atoms with Crippen molar-refractivity contribution in [3.05, 3.63) is 12.5 Å². The van der Waals surface area contributed by atoms with Crippen molar-refractivity contribution in [1.82, 2.24) is 9.55 Å². The minimum Gasteiger partial charge on any atom is -0.356 e. The van der Waals surface area contributed by atoms with Crippen LogP contribution in [0.5, 0.6) is 0 Å². The second kappa shape index (κ2) is 4.90. The van der Waals surface area contributed by atoms with E-state index < -0.39 is 0 Å². The Morgan fingerprint density at radius 1 is 1.46 bits per heavy atom. The van der Waals surface area contributed by atoms with Crippen LogP contribution < -0.4 is 4.90 Å². The van der Waals surface area contributed by atoms with Crippen LogP contribution in [0.15, 0.2) is 12.5 Å². The van der Waals surface area contributed by atoms with Crippen molar-refractivity contribution in [2.75, 3.05) is 18.0 Å². The van der Waals surface area contributed by atoms with Crippen molar-refractivity contribution in [3.63, 3.8) is 0 Å². The number of hydrogen-bond acceptors (Lipinski definition) is 2. The molecule has 0 fully saturated rings. The van der Waals surface area contributed by atoms with Gasteiger partial charge in [0.2, 0.25) is 0 Å². The van der Waals surface area contributed by atoms with E-state index in [0.29, 0.717) is 0 Å². The minimum absolute atomic E-state index is 1.04. The van der Waals surface area contributed by atoms with Gasteiger partial charge in [-0.2, -0.15) is 0 Å². The molecule has 1 aromatic heterocycles. The lowest BCUT2D eigenvalue weighted by molar-refractivity contribution is 0.725. The van der Waals surface area contributed by atoms with E-state index in [1.165, 1.54) is 12.8 Å². The zero-order chi connectivity index (χ0) is 9.68. The van der Waals surface area contributed by atoms with E-state index in [1.807, 2.05) is 17.9 Å². The van der Waals surface area contributed by atoms with Crippen molar-refractivity contribution in [3.8, 4) is 0 Å². The van der Waals surface area contributed by atoms with Crippen molar-refractivity contribution in [2.45, 2.75) is 26.7 Å². The number of hydrogen-bond donors (Lipinski definition) is 0. The Hall–Kier alpha value is -0.990. The highest BCUT2D eigenvalue weighted by molar-refractivity contribution is 5.35. The Morgan fingerprint density at radius 2 is 2.23 bits per heavy atom. The predicted molar refractivity (Wildman–Crippen MR) is 56.0 cm³/mol. The van der Waals surface area contributed by atoms with Gasteiger partial charge in [-0.25, -0.2) is 4.98 Å². The molecule has 1 rings (SSSR count). The molecule has 3 heteroatoms. The number of nitrogens with zero attached hydrogens (tertiary/aromatic N) is 3.